The summed E-state index contributed by atoms with van der Waals surface area (Å²) in [7, 11) is 0. The molecule has 0 radical (unpaired) electrons. The fraction of sp³-hybridized carbons (Fsp3) is 0.444. The molecule has 3 nitrogen and oxygen atoms in total. The van der Waals surface area contributed by atoms with Crippen LogP contribution in [0, 0.1) is 18.8 Å². The van der Waals surface area contributed by atoms with E-state index >= 15 is 0 Å². The molecular weight excluding hydrogens is 260 g/mol. The molecule has 2 saturated carbocycles. The van der Waals surface area contributed by atoms with E-state index in [0.717, 1.165) is 34.7 Å². The standard InChI is InChI=1S/C18H20N2O/c1-11-2-7-16-15(8-11)18(14(10-21)9-19-16)20-17(12-3-4-12)13-5-6-13/h2,7-10,12-13,17H,3-6H2,1H3,(H,19,20). The van der Waals surface area contributed by atoms with Crippen LogP contribution in [-0.2, 0) is 0 Å². The lowest BCUT2D eigenvalue weighted by Crippen LogP contribution is -2.25. The first-order valence-electron chi connectivity index (χ1n) is 7.87. The molecule has 2 aliphatic rings. The van der Waals surface area contributed by atoms with Crippen LogP contribution in [0.2, 0.25) is 0 Å². The fourth-order valence-corrected chi connectivity index (χ4v) is 3.27. The lowest BCUT2D eigenvalue weighted by atomic mass is 10.0. The predicted molar refractivity (Wildman–Crippen MR) is 84.7 cm³/mol. The number of pyridine rings is 1. The Balaban J connectivity index is 1.80. The highest BCUT2D eigenvalue weighted by atomic mass is 16.1. The van der Waals surface area contributed by atoms with Crippen molar-refractivity contribution in [2.24, 2.45) is 11.8 Å². The maximum atomic E-state index is 11.4. The van der Waals surface area contributed by atoms with Gasteiger partial charge in [-0.1, -0.05) is 11.6 Å². The molecule has 4 rings (SSSR count). The number of benzene rings is 1. The van der Waals surface area contributed by atoms with Crippen LogP contribution < -0.4 is 5.32 Å². The highest BCUT2D eigenvalue weighted by Crippen LogP contribution is 2.46. The van der Waals surface area contributed by atoms with E-state index in [4.69, 9.17) is 0 Å². The number of carbonyl (C=O) groups excluding carboxylic acids is 1. The molecule has 0 saturated heterocycles. The van der Waals surface area contributed by atoms with E-state index in [0.29, 0.717) is 11.6 Å². The SMILES string of the molecule is Cc1ccc2ncc(C=O)c(NC(C3CC3)C3CC3)c2c1. The first kappa shape index (κ1) is 12.8. The van der Waals surface area contributed by atoms with Gasteiger partial charge < -0.3 is 5.32 Å². The first-order chi connectivity index (χ1) is 10.3. The van der Waals surface area contributed by atoms with Crippen LogP contribution >= 0.6 is 0 Å². The summed E-state index contributed by atoms with van der Waals surface area (Å²) in [5, 5.41) is 4.80. The average Bonchev–Trinajstić information content (AvgIpc) is 3.38. The lowest BCUT2D eigenvalue weighted by Gasteiger charge is -2.21. The van der Waals surface area contributed by atoms with Gasteiger partial charge in [-0.3, -0.25) is 9.78 Å². The molecule has 0 spiro atoms. The van der Waals surface area contributed by atoms with E-state index in [-0.39, 0.29) is 0 Å². The predicted octanol–water partition coefficient (Wildman–Crippen LogP) is 3.96. The van der Waals surface area contributed by atoms with Gasteiger partial charge in [-0.15, -0.1) is 0 Å². The molecule has 2 aromatic rings. The largest absolute Gasteiger partial charge is 0.381 e. The quantitative estimate of drug-likeness (QED) is 0.843. The number of rotatable bonds is 5. The van der Waals surface area contributed by atoms with Crippen molar-refractivity contribution in [3.63, 3.8) is 0 Å². The summed E-state index contributed by atoms with van der Waals surface area (Å²) in [5.74, 6) is 1.59. The van der Waals surface area contributed by atoms with Crippen LogP contribution in [0.25, 0.3) is 10.9 Å². The van der Waals surface area contributed by atoms with Crippen molar-refractivity contribution in [2.75, 3.05) is 5.32 Å². The van der Waals surface area contributed by atoms with E-state index in [1.807, 2.05) is 6.07 Å². The number of aromatic nitrogens is 1. The third kappa shape index (κ3) is 2.41. The van der Waals surface area contributed by atoms with Gasteiger partial charge >= 0.3 is 0 Å². The Kier molecular flexibility index (Phi) is 2.95. The number of hydrogen-bond acceptors (Lipinski definition) is 3. The highest BCUT2D eigenvalue weighted by molar-refractivity contribution is 6.00. The number of fused-ring (bicyclic) bond motifs is 1. The third-order valence-corrected chi connectivity index (χ3v) is 4.75. The van der Waals surface area contributed by atoms with Gasteiger partial charge in [-0.25, -0.2) is 0 Å². The smallest absolute Gasteiger partial charge is 0.153 e. The fourth-order valence-electron chi connectivity index (χ4n) is 3.27. The maximum Gasteiger partial charge on any atom is 0.153 e. The molecule has 0 aliphatic heterocycles. The van der Waals surface area contributed by atoms with Crippen molar-refractivity contribution < 1.29 is 4.79 Å². The zero-order valence-corrected chi connectivity index (χ0v) is 12.3. The molecule has 108 valence electrons. The second-order valence-electron chi connectivity index (χ2n) is 6.57. The molecule has 1 heterocycles. The summed E-state index contributed by atoms with van der Waals surface area (Å²) in [6.07, 6.45) is 7.93. The number of nitrogens with one attached hydrogen (secondary N) is 1. The summed E-state index contributed by atoms with van der Waals surface area (Å²) in [6, 6.07) is 6.77. The molecule has 1 aromatic carbocycles. The van der Waals surface area contributed by atoms with Crippen LogP contribution in [0.3, 0.4) is 0 Å². The molecule has 1 N–H and O–H groups in total. The Morgan fingerprint density at radius 3 is 2.57 bits per heavy atom. The van der Waals surface area contributed by atoms with Crippen molar-refractivity contribution in [3.05, 3.63) is 35.5 Å². The number of carbonyl (C=O) groups is 1. The first-order valence-corrected chi connectivity index (χ1v) is 7.87. The molecule has 0 amide bonds. The summed E-state index contributed by atoms with van der Waals surface area (Å²) >= 11 is 0. The van der Waals surface area contributed by atoms with Gasteiger partial charge in [-0.2, -0.15) is 0 Å². The minimum atomic E-state index is 0.537. The highest BCUT2D eigenvalue weighted by Gasteiger charge is 2.41. The van der Waals surface area contributed by atoms with Crippen molar-refractivity contribution in [1.82, 2.24) is 4.98 Å². The molecule has 3 heteroatoms. The van der Waals surface area contributed by atoms with E-state index < -0.39 is 0 Å². The van der Waals surface area contributed by atoms with Crippen LogP contribution in [-0.4, -0.2) is 17.3 Å². The monoisotopic (exact) mass is 280 g/mol. The third-order valence-electron chi connectivity index (χ3n) is 4.75. The Hall–Kier alpha value is -1.90. The summed E-state index contributed by atoms with van der Waals surface area (Å²) in [6.45, 7) is 2.08. The van der Waals surface area contributed by atoms with Crippen LogP contribution in [0.5, 0.6) is 0 Å². The van der Waals surface area contributed by atoms with Gasteiger partial charge in [0.1, 0.15) is 0 Å². The molecular formula is C18H20N2O. The zero-order chi connectivity index (χ0) is 14.4. The second-order valence-corrected chi connectivity index (χ2v) is 6.57. The van der Waals surface area contributed by atoms with Crippen LogP contribution in [0.15, 0.2) is 24.4 Å². The van der Waals surface area contributed by atoms with Crippen LogP contribution in [0.4, 0.5) is 5.69 Å². The van der Waals surface area contributed by atoms with E-state index in [2.05, 4.69) is 29.4 Å². The number of nitrogens with zero attached hydrogens (tertiary/aromatic N) is 1. The van der Waals surface area contributed by atoms with Gasteiger partial charge in [0.15, 0.2) is 6.29 Å². The second kappa shape index (κ2) is 4.83. The van der Waals surface area contributed by atoms with Crippen molar-refractivity contribution in [1.29, 1.82) is 0 Å². The van der Waals surface area contributed by atoms with Gasteiger partial charge in [0, 0.05) is 17.6 Å². The minimum absolute atomic E-state index is 0.537. The molecule has 1 aromatic heterocycles. The summed E-state index contributed by atoms with van der Waals surface area (Å²) in [4.78, 5) is 15.8. The van der Waals surface area contributed by atoms with Gasteiger partial charge in [0.05, 0.1) is 16.8 Å². The summed E-state index contributed by atoms with van der Waals surface area (Å²) in [5.41, 5.74) is 3.82. The Bertz CT molecular complexity index is 690. The zero-order valence-electron chi connectivity index (χ0n) is 12.3. The van der Waals surface area contributed by atoms with Crippen LogP contribution in [0.1, 0.15) is 41.6 Å². The topological polar surface area (TPSA) is 42.0 Å². The Labute approximate surface area is 124 Å². The molecule has 0 atom stereocenters. The maximum absolute atomic E-state index is 11.4. The van der Waals surface area contributed by atoms with Crippen molar-refractivity contribution in [2.45, 2.75) is 38.6 Å². The number of aryl methyl sites for hydroxylation is 1. The van der Waals surface area contributed by atoms with Gasteiger partial charge in [0.2, 0.25) is 0 Å². The molecule has 0 bridgehead atoms. The average molecular weight is 280 g/mol. The van der Waals surface area contributed by atoms with E-state index in [1.165, 1.54) is 31.2 Å². The van der Waals surface area contributed by atoms with Crippen molar-refractivity contribution in [3.8, 4) is 0 Å². The lowest BCUT2D eigenvalue weighted by molar-refractivity contribution is 0.112. The molecule has 0 unspecified atom stereocenters. The van der Waals surface area contributed by atoms with E-state index in [9.17, 15) is 4.79 Å². The molecule has 2 aliphatic carbocycles. The number of hydrogen-bond donors (Lipinski definition) is 1. The Morgan fingerprint density at radius 2 is 1.95 bits per heavy atom. The summed E-state index contributed by atoms with van der Waals surface area (Å²) < 4.78 is 0. The molecule has 21 heavy (non-hydrogen) atoms. The van der Waals surface area contributed by atoms with Gasteiger partial charge in [-0.05, 0) is 56.6 Å². The molecule has 2 fully saturated rings. The number of aldehydes is 1. The van der Waals surface area contributed by atoms with Gasteiger partial charge in [0.25, 0.3) is 0 Å². The minimum Gasteiger partial charge on any atom is -0.381 e. The van der Waals surface area contributed by atoms with E-state index in [1.54, 1.807) is 6.20 Å². The van der Waals surface area contributed by atoms with Crippen molar-refractivity contribution >= 4 is 22.9 Å². The Morgan fingerprint density at radius 1 is 1.24 bits per heavy atom. The number of anilines is 1. The normalized spacial score (nSPS) is 18.2.